The third-order valence-corrected chi connectivity index (χ3v) is 3.71. The van der Waals surface area contributed by atoms with Gasteiger partial charge in [0, 0.05) is 38.6 Å². The molecule has 5 heteroatoms. The molecule has 0 aliphatic heterocycles. The average molecular weight is 533 g/mol. The summed E-state index contributed by atoms with van der Waals surface area (Å²) in [5.74, 6) is 0. The number of rotatable bonds is 3. The second-order valence-electron chi connectivity index (χ2n) is 6.32. The maximum Gasteiger partial charge on any atom is 0.0539 e. The van der Waals surface area contributed by atoms with Crippen molar-refractivity contribution >= 4 is 10.8 Å². The molecule has 3 rings (SSSR count). The molecule has 2 unspecified atom stereocenters. The minimum atomic E-state index is -0.375. The second kappa shape index (κ2) is 10.5. The van der Waals surface area contributed by atoms with Gasteiger partial charge < -0.3 is 15.2 Å². The Morgan fingerprint density at radius 2 is 1.69 bits per heavy atom. The van der Waals surface area contributed by atoms with E-state index in [1.54, 1.807) is 20.0 Å². The number of hydrogen-bond acceptors (Lipinski definition) is 4. The molecule has 2 N–H and O–H groups in total. The summed E-state index contributed by atoms with van der Waals surface area (Å²) < 4.78 is 0. The third-order valence-electron chi connectivity index (χ3n) is 3.71. The van der Waals surface area contributed by atoms with E-state index >= 15 is 0 Å². The Morgan fingerprint density at radius 3 is 2.27 bits per heavy atom. The maximum atomic E-state index is 8.56. The Bertz CT molecular complexity index is 824. The van der Waals surface area contributed by atoms with Crippen LogP contribution in [0.1, 0.15) is 31.7 Å². The van der Waals surface area contributed by atoms with Gasteiger partial charge in [0.1, 0.15) is 0 Å². The summed E-state index contributed by atoms with van der Waals surface area (Å²) in [5.41, 5.74) is 3.83. The van der Waals surface area contributed by atoms with Gasteiger partial charge in [-0.3, -0.25) is 4.98 Å². The predicted molar refractivity (Wildman–Crippen MR) is 101 cm³/mol. The van der Waals surface area contributed by atoms with Gasteiger partial charge in [-0.05, 0) is 34.1 Å². The smallest absolute Gasteiger partial charge is 0.0539 e. The van der Waals surface area contributed by atoms with Gasteiger partial charge in [0.05, 0.1) is 17.9 Å². The van der Waals surface area contributed by atoms with Gasteiger partial charge in [0.25, 0.3) is 0 Å². The Balaban J connectivity index is 0.000000366. The molecule has 26 heavy (non-hydrogen) atoms. The molecule has 0 aliphatic carbocycles. The zero-order valence-corrected chi connectivity index (χ0v) is 17.8. The van der Waals surface area contributed by atoms with E-state index in [4.69, 9.17) is 10.2 Å². The Hall–Kier alpha value is -1.61. The third kappa shape index (κ3) is 6.28. The van der Waals surface area contributed by atoms with E-state index in [0.29, 0.717) is 6.42 Å². The van der Waals surface area contributed by atoms with Crippen LogP contribution in [-0.4, -0.2) is 32.4 Å². The normalized spacial score (nSPS) is 12.5. The first-order valence-corrected chi connectivity index (χ1v) is 8.44. The van der Waals surface area contributed by atoms with Crippen LogP contribution in [0.5, 0.6) is 0 Å². The standard InChI is InChI=1S/C16H13N2.C5H12O2.Pt/c1-11-10-17-16(12(2)18-11)15-9-5-7-13-6-3-4-8-14(13)15;1-4(6)3-5(2)7;/h3-8,10H,1-2H3;4-7H,3H2,1-2H3;/q-1;;. The zero-order chi connectivity index (χ0) is 18.4. The first kappa shape index (κ1) is 22.4. The molecule has 142 valence electrons. The van der Waals surface area contributed by atoms with Gasteiger partial charge in [0.15, 0.2) is 0 Å². The minimum Gasteiger partial charge on any atom is -0.393 e. The molecule has 1 aromatic heterocycles. The molecule has 2 aromatic carbocycles. The fourth-order valence-electron chi connectivity index (χ4n) is 2.70. The van der Waals surface area contributed by atoms with Crippen LogP contribution in [0.25, 0.3) is 22.0 Å². The molecule has 0 amide bonds. The molecule has 3 aromatic rings. The van der Waals surface area contributed by atoms with Crippen LogP contribution in [0.2, 0.25) is 0 Å². The van der Waals surface area contributed by atoms with Crippen LogP contribution in [0.15, 0.2) is 42.6 Å². The number of aryl methyl sites for hydroxylation is 2. The van der Waals surface area contributed by atoms with Crippen molar-refractivity contribution in [3.8, 4) is 11.3 Å². The fraction of sp³-hybridized carbons (Fsp3) is 0.333. The number of aromatic nitrogens is 2. The number of nitrogens with zero attached hydrogens (tertiary/aromatic N) is 2. The number of aliphatic hydroxyl groups excluding tert-OH is 2. The molecule has 1 heterocycles. The molecule has 0 radical (unpaired) electrons. The summed E-state index contributed by atoms with van der Waals surface area (Å²) in [7, 11) is 0. The summed E-state index contributed by atoms with van der Waals surface area (Å²) >= 11 is 0. The largest absolute Gasteiger partial charge is 0.393 e. The van der Waals surface area contributed by atoms with E-state index in [1.165, 1.54) is 10.8 Å². The van der Waals surface area contributed by atoms with Crippen molar-refractivity contribution in [1.82, 2.24) is 9.97 Å². The summed E-state index contributed by atoms with van der Waals surface area (Å²) in [5, 5.41) is 19.5. The number of aliphatic hydroxyl groups is 2. The molecule has 0 spiro atoms. The average Bonchev–Trinajstić information content (AvgIpc) is 2.54. The van der Waals surface area contributed by atoms with E-state index in [1.807, 2.05) is 32.0 Å². The molecular weight excluding hydrogens is 507 g/mol. The SMILES string of the molecule is CC(O)CC(C)O.Cc1cnc(-c2[c-]ccc3ccccc23)c(C)n1.[Pt]. The number of benzene rings is 2. The van der Waals surface area contributed by atoms with Crippen molar-refractivity contribution in [3.63, 3.8) is 0 Å². The van der Waals surface area contributed by atoms with Crippen molar-refractivity contribution in [2.75, 3.05) is 0 Å². The molecule has 0 saturated heterocycles. The van der Waals surface area contributed by atoms with Gasteiger partial charge in [-0.1, -0.05) is 29.7 Å². The second-order valence-corrected chi connectivity index (χ2v) is 6.32. The molecule has 2 atom stereocenters. The van der Waals surface area contributed by atoms with Crippen LogP contribution >= 0.6 is 0 Å². The van der Waals surface area contributed by atoms with Gasteiger partial charge in [-0.2, -0.15) is 0 Å². The van der Waals surface area contributed by atoms with E-state index < -0.39 is 0 Å². The van der Waals surface area contributed by atoms with E-state index in [-0.39, 0.29) is 33.3 Å². The monoisotopic (exact) mass is 532 g/mol. The molecular formula is C21H25N2O2Pt-. The summed E-state index contributed by atoms with van der Waals surface area (Å²) in [6.07, 6.45) is 1.53. The van der Waals surface area contributed by atoms with Crippen LogP contribution in [0, 0.1) is 19.9 Å². The maximum absolute atomic E-state index is 8.56. The van der Waals surface area contributed by atoms with Crippen LogP contribution < -0.4 is 0 Å². The van der Waals surface area contributed by atoms with Crippen LogP contribution in [-0.2, 0) is 21.1 Å². The molecule has 0 fully saturated rings. The van der Waals surface area contributed by atoms with E-state index in [2.05, 4.69) is 34.2 Å². The topological polar surface area (TPSA) is 66.2 Å². The van der Waals surface area contributed by atoms with E-state index in [0.717, 1.165) is 22.6 Å². The number of fused-ring (bicyclic) bond motifs is 1. The zero-order valence-electron chi connectivity index (χ0n) is 15.5. The Labute approximate surface area is 169 Å². The van der Waals surface area contributed by atoms with Crippen molar-refractivity contribution in [2.24, 2.45) is 0 Å². The molecule has 0 saturated carbocycles. The van der Waals surface area contributed by atoms with Crippen LogP contribution in [0.4, 0.5) is 0 Å². The first-order chi connectivity index (χ1) is 11.9. The summed E-state index contributed by atoms with van der Waals surface area (Å²) in [6, 6.07) is 15.6. The van der Waals surface area contributed by atoms with Crippen molar-refractivity contribution in [2.45, 2.75) is 46.3 Å². The quantitative estimate of drug-likeness (QED) is 0.503. The first-order valence-electron chi connectivity index (χ1n) is 8.44. The Kier molecular flexibility index (Phi) is 9.07. The molecule has 0 aliphatic rings. The van der Waals surface area contributed by atoms with Crippen molar-refractivity contribution in [3.05, 3.63) is 60.0 Å². The van der Waals surface area contributed by atoms with Crippen LogP contribution in [0.3, 0.4) is 0 Å². The predicted octanol–water partition coefficient (Wildman–Crippen LogP) is 3.85. The summed E-state index contributed by atoms with van der Waals surface area (Å²) in [6.45, 7) is 7.26. The Morgan fingerprint density at radius 1 is 1.04 bits per heavy atom. The van der Waals surface area contributed by atoms with Crippen molar-refractivity contribution < 1.29 is 31.3 Å². The van der Waals surface area contributed by atoms with Gasteiger partial charge in [-0.15, -0.1) is 29.1 Å². The minimum absolute atomic E-state index is 0. The number of hydrogen-bond donors (Lipinski definition) is 2. The van der Waals surface area contributed by atoms with Gasteiger partial charge in [0.2, 0.25) is 0 Å². The molecule has 4 nitrogen and oxygen atoms in total. The van der Waals surface area contributed by atoms with Gasteiger partial charge >= 0.3 is 0 Å². The fourth-order valence-corrected chi connectivity index (χ4v) is 2.70. The van der Waals surface area contributed by atoms with Crippen molar-refractivity contribution in [1.29, 1.82) is 0 Å². The molecule has 0 bridgehead atoms. The summed E-state index contributed by atoms with van der Waals surface area (Å²) in [4.78, 5) is 8.98. The van der Waals surface area contributed by atoms with Gasteiger partial charge in [-0.25, -0.2) is 0 Å². The van der Waals surface area contributed by atoms with E-state index in [9.17, 15) is 0 Å².